The monoisotopic (exact) mass is 508 g/mol. The minimum Gasteiger partial charge on any atom is -0.356 e. The van der Waals surface area contributed by atoms with Crippen LogP contribution in [0.25, 0.3) is 0 Å². The van der Waals surface area contributed by atoms with Crippen LogP contribution in [0.1, 0.15) is 21.8 Å². The second-order valence-corrected chi connectivity index (χ2v) is 6.40. The Labute approximate surface area is 177 Å². The number of nitrogens with zero attached hydrogens (tertiary/aromatic N) is 2. The van der Waals surface area contributed by atoms with Crippen molar-refractivity contribution in [3.05, 3.63) is 51.5 Å². The van der Waals surface area contributed by atoms with E-state index in [9.17, 15) is 13.2 Å². The van der Waals surface area contributed by atoms with Gasteiger partial charge in [0.05, 0.1) is 22.8 Å². The van der Waals surface area contributed by atoms with E-state index in [2.05, 4.69) is 32.5 Å². The number of benzene rings is 1. The van der Waals surface area contributed by atoms with Crippen LogP contribution in [0.3, 0.4) is 0 Å². The number of guanidine groups is 1. The van der Waals surface area contributed by atoms with E-state index in [1.54, 1.807) is 24.5 Å². The number of thiazole rings is 1. The second kappa shape index (κ2) is 11.1. The number of rotatable bonds is 4. The Morgan fingerprint density at radius 1 is 1.30 bits per heavy atom. The summed E-state index contributed by atoms with van der Waals surface area (Å²) in [4.78, 5) is 8.46. The van der Waals surface area contributed by atoms with Crippen LogP contribution in [0.4, 0.5) is 13.2 Å². The minimum absolute atomic E-state index is 0. The first kappa shape index (κ1) is 23.2. The molecule has 0 saturated carbocycles. The molecule has 2 aromatic rings. The average Bonchev–Trinajstić information content (AvgIpc) is 3.02. The van der Waals surface area contributed by atoms with Crippen LogP contribution in [0.5, 0.6) is 0 Å². The second-order valence-electron chi connectivity index (χ2n) is 5.34. The van der Waals surface area contributed by atoms with Gasteiger partial charge in [-0.15, -0.1) is 35.3 Å². The van der Waals surface area contributed by atoms with Crippen LogP contribution >= 0.6 is 35.3 Å². The lowest BCUT2D eigenvalue weighted by molar-refractivity contribution is -0.137. The first-order valence-corrected chi connectivity index (χ1v) is 8.78. The highest BCUT2D eigenvalue weighted by molar-refractivity contribution is 14.0. The Morgan fingerprint density at radius 3 is 2.70 bits per heavy atom. The molecule has 0 bridgehead atoms. The molecule has 4 nitrogen and oxygen atoms in total. The molecule has 27 heavy (non-hydrogen) atoms. The first-order chi connectivity index (χ1) is 12.4. The third-order valence-corrected chi connectivity index (χ3v) is 4.15. The van der Waals surface area contributed by atoms with Crippen molar-refractivity contribution in [2.45, 2.75) is 19.5 Å². The smallest absolute Gasteiger partial charge is 0.356 e. The van der Waals surface area contributed by atoms with Crippen LogP contribution in [0, 0.1) is 18.8 Å². The molecule has 0 atom stereocenters. The SMILES string of the molecule is CN=C(NCC#Cc1cccc(C(F)(F)F)c1)NCCc1csc(C)n1.I. The molecule has 2 N–H and O–H groups in total. The average molecular weight is 508 g/mol. The molecule has 0 saturated heterocycles. The van der Waals surface area contributed by atoms with Crippen LogP contribution in [-0.4, -0.2) is 31.1 Å². The number of aliphatic imine (C=N–C) groups is 1. The van der Waals surface area contributed by atoms with Crippen molar-refractivity contribution >= 4 is 41.3 Å². The zero-order valence-corrected chi connectivity index (χ0v) is 18.0. The van der Waals surface area contributed by atoms with Crippen LogP contribution in [0.2, 0.25) is 0 Å². The van der Waals surface area contributed by atoms with Crippen LogP contribution in [-0.2, 0) is 12.6 Å². The van der Waals surface area contributed by atoms with E-state index in [1.807, 2.05) is 12.3 Å². The van der Waals surface area contributed by atoms with Crippen molar-refractivity contribution in [2.75, 3.05) is 20.1 Å². The van der Waals surface area contributed by atoms with Crippen molar-refractivity contribution in [1.29, 1.82) is 0 Å². The van der Waals surface area contributed by atoms with Gasteiger partial charge in [-0.3, -0.25) is 4.99 Å². The van der Waals surface area contributed by atoms with Gasteiger partial charge in [0, 0.05) is 31.0 Å². The summed E-state index contributed by atoms with van der Waals surface area (Å²) in [5, 5.41) is 9.20. The predicted molar refractivity (Wildman–Crippen MR) is 114 cm³/mol. The van der Waals surface area contributed by atoms with Gasteiger partial charge in [-0.1, -0.05) is 17.9 Å². The molecule has 0 spiro atoms. The summed E-state index contributed by atoms with van der Waals surface area (Å²) in [5.41, 5.74) is 0.648. The van der Waals surface area contributed by atoms with Gasteiger partial charge in [0.1, 0.15) is 0 Å². The van der Waals surface area contributed by atoms with E-state index in [0.717, 1.165) is 29.3 Å². The maximum absolute atomic E-state index is 12.7. The number of aryl methyl sites for hydroxylation is 1. The Bertz CT molecular complexity index is 822. The third kappa shape index (κ3) is 8.17. The van der Waals surface area contributed by atoms with Crippen molar-refractivity contribution < 1.29 is 13.2 Å². The third-order valence-electron chi connectivity index (χ3n) is 3.33. The number of aromatic nitrogens is 1. The van der Waals surface area contributed by atoms with E-state index in [0.29, 0.717) is 18.1 Å². The van der Waals surface area contributed by atoms with Crippen molar-refractivity contribution in [3.8, 4) is 11.8 Å². The quantitative estimate of drug-likeness (QED) is 0.286. The fraction of sp³-hybridized carbons (Fsp3) is 0.333. The van der Waals surface area contributed by atoms with Crippen molar-refractivity contribution in [2.24, 2.45) is 4.99 Å². The summed E-state index contributed by atoms with van der Waals surface area (Å²) in [5.74, 6) is 6.09. The summed E-state index contributed by atoms with van der Waals surface area (Å²) in [6, 6.07) is 4.96. The van der Waals surface area contributed by atoms with Gasteiger partial charge in [0.25, 0.3) is 0 Å². The van der Waals surface area contributed by atoms with Gasteiger partial charge in [-0.2, -0.15) is 13.2 Å². The zero-order chi connectivity index (χ0) is 19.0. The predicted octanol–water partition coefficient (Wildman–Crippen LogP) is 3.85. The van der Waals surface area contributed by atoms with Crippen LogP contribution in [0.15, 0.2) is 34.6 Å². The molecule has 1 aromatic heterocycles. The molecule has 0 aliphatic heterocycles. The number of hydrogen-bond acceptors (Lipinski definition) is 3. The summed E-state index contributed by atoms with van der Waals surface area (Å²) < 4.78 is 38.0. The van der Waals surface area contributed by atoms with Gasteiger partial charge in [0.2, 0.25) is 0 Å². The van der Waals surface area contributed by atoms with Crippen LogP contribution < -0.4 is 10.6 Å². The number of hydrogen-bond donors (Lipinski definition) is 2. The Hall–Kier alpha value is -1.80. The van der Waals surface area contributed by atoms with Gasteiger partial charge in [-0.25, -0.2) is 4.98 Å². The summed E-state index contributed by atoms with van der Waals surface area (Å²) in [7, 11) is 1.64. The maximum atomic E-state index is 12.7. The standard InChI is InChI=1S/C18H19F3N4S.HI/c1-13-25-16(12-26-13)8-10-24-17(22-2)23-9-4-6-14-5-3-7-15(11-14)18(19,20)21;/h3,5,7,11-12H,8-10H2,1-2H3,(H2,22,23,24);1H. The largest absolute Gasteiger partial charge is 0.416 e. The molecular weight excluding hydrogens is 488 g/mol. The summed E-state index contributed by atoms with van der Waals surface area (Å²) in [6.07, 6.45) is -3.58. The molecule has 0 unspecified atom stereocenters. The molecule has 0 amide bonds. The Morgan fingerprint density at radius 2 is 2.07 bits per heavy atom. The molecule has 0 radical (unpaired) electrons. The van der Waals surface area contributed by atoms with Crippen molar-refractivity contribution in [3.63, 3.8) is 0 Å². The van der Waals surface area contributed by atoms with Crippen molar-refractivity contribution in [1.82, 2.24) is 15.6 Å². The van der Waals surface area contributed by atoms with Gasteiger partial charge in [0.15, 0.2) is 5.96 Å². The molecule has 2 rings (SSSR count). The normalized spacial score (nSPS) is 11.2. The highest BCUT2D eigenvalue weighted by Gasteiger charge is 2.30. The minimum atomic E-state index is -4.36. The number of halogens is 4. The topological polar surface area (TPSA) is 49.3 Å². The molecule has 0 aliphatic rings. The lowest BCUT2D eigenvalue weighted by Gasteiger charge is -2.08. The number of nitrogens with one attached hydrogen (secondary N) is 2. The summed E-state index contributed by atoms with van der Waals surface area (Å²) in [6.45, 7) is 2.90. The number of alkyl halides is 3. The maximum Gasteiger partial charge on any atom is 0.416 e. The molecule has 0 aliphatic carbocycles. The van der Waals surface area contributed by atoms with E-state index in [-0.39, 0.29) is 30.5 Å². The molecule has 1 heterocycles. The lowest BCUT2D eigenvalue weighted by Crippen LogP contribution is -2.38. The van der Waals surface area contributed by atoms with Gasteiger partial charge < -0.3 is 10.6 Å². The highest BCUT2D eigenvalue weighted by atomic mass is 127. The van der Waals surface area contributed by atoms with Gasteiger partial charge >= 0.3 is 6.18 Å². The molecular formula is C18H20F3IN4S. The first-order valence-electron chi connectivity index (χ1n) is 7.90. The van der Waals surface area contributed by atoms with E-state index >= 15 is 0 Å². The molecule has 146 valence electrons. The van der Waals surface area contributed by atoms with Gasteiger partial charge in [-0.05, 0) is 25.1 Å². The fourth-order valence-corrected chi connectivity index (χ4v) is 2.75. The highest BCUT2D eigenvalue weighted by Crippen LogP contribution is 2.29. The lowest BCUT2D eigenvalue weighted by atomic mass is 10.1. The van der Waals surface area contributed by atoms with E-state index in [1.165, 1.54) is 6.07 Å². The van der Waals surface area contributed by atoms with E-state index in [4.69, 9.17) is 0 Å². The molecule has 9 heteroatoms. The Kier molecular flexibility index (Phi) is 9.59. The molecule has 0 fully saturated rings. The zero-order valence-electron chi connectivity index (χ0n) is 14.9. The summed E-state index contributed by atoms with van der Waals surface area (Å²) >= 11 is 1.61. The molecule has 1 aromatic carbocycles. The fourth-order valence-electron chi connectivity index (χ4n) is 2.10. The Balaban J connectivity index is 0.00000364. The van der Waals surface area contributed by atoms with E-state index < -0.39 is 11.7 Å².